The van der Waals surface area contributed by atoms with Gasteiger partial charge in [0.2, 0.25) is 0 Å². The smallest absolute Gasteiger partial charge is 0.338 e. The summed E-state index contributed by atoms with van der Waals surface area (Å²) in [5, 5.41) is 6.84. The van der Waals surface area contributed by atoms with Gasteiger partial charge in [-0.1, -0.05) is 30.3 Å². The molecule has 0 fully saturated rings. The largest absolute Gasteiger partial charge is 0.457 e. The third kappa shape index (κ3) is 5.82. The van der Waals surface area contributed by atoms with Crippen molar-refractivity contribution in [3.05, 3.63) is 108 Å². The van der Waals surface area contributed by atoms with Gasteiger partial charge in [-0.3, -0.25) is 9.48 Å². The van der Waals surface area contributed by atoms with E-state index in [0.717, 1.165) is 11.3 Å². The SMILES string of the molecule is O=C(COC(=O)c1ccc(Cn2cccn2)cc1)Nc1ccc(Oc2ccccc2)cc1. The lowest BCUT2D eigenvalue weighted by Crippen LogP contribution is -2.20. The number of rotatable bonds is 8. The Morgan fingerprint density at radius 3 is 2.25 bits per heavy atom. The summed E-state index contributed by atoms with van der Waals surface area (Å²) in [6.07, 6.45) is 3.58. The minimum Gasteiger partial charge on any atom is -0.457 e. The lowest BCUT2D eigenvalue weighted by atomic mass is 10.1. The summed E-state index contributed by atoms with van der Waals surface area (Å²) in [5.41, 5.74) is 1.96. The fourth-order valence-electron chi connectivity index (χ4n) is 2.97. The second kappa shape index (κ2) is 10.1. The molecule has 0 spiro atoms. The van der Waals surface area contributed by atoms with Crippen LogP contribution in [0.25, 0.3) is 0 Å². The molecule has 4 aromatic rings. The number of hydrogen-bond acceptors (Lipinski definition) is 5. The summed E-state index contributed by atoms with van der Waals surface area (Å²) >= 11 is 0. The zero-order valence-electron chi connectivity index (χ0n) is 17.2. The van der Waals surface area contributed by atoms with Crippen molar-refractivity contribution < 1.29 is 19.1 Å². The molecule has 0 aliphatic rings. The number of anilines is 1. The van der Waals surface area contributed by atoms with Crippen LogP contribution in [0.15, 0.2) is 97.3 Å². The van der Waals surface area contributed by atoms with Gasteiger partial charge in [-0.2, -0.15) is 5.10 Å². The predicted molar refractivity (Wildman–Crippen MR) is 120 cm³/mol. The van der Waals surface area contributed by atoms with Gasteiger partial charge < -0.3 is 14.8 Å². The molecule has 0 saturated carbocycles. The first-order valence-corrected chi connectivity index (χ1v) is 10.0. The minimum atomic E-state index is -0.558. The first-order chi connectivity index (χ1) is 15.7. The second-order valence-corrected chi connectivity index (χ2v) is 6.96. The van der Waals surface area contributed by atoms with E-state index < -0.39 is 11.9 Å². The van der Waals surface area contributed by atoms with Crippen LogP contribution in [0.4, 0.5) is 5.69 Å². The van der Waals surface area contributed by atoms with Crippen LogP contribution in [0.3, 0.4) is 0 Å². The van der Waals surface area contributed by atoms with Gasteiger partial charge in [0, 0.05) is 18.1 Å². The number of esters is 1. The number of aromatic nitrogens is 2. The van der Waals surface area contributed by atoms with Gasteiger partial charge in [0.1, 0.15) is 11.5 Å². The molecule has 1 amide bonds. The summed E-state index contributed by atoms with van der Waals surface area (Å²) in [6, 6.07) is 25.2. The summed E-state index contributed by atoms with van der Waals surface area (Å²) in [6.45, 7) is 0.232. The molecule has 1 N–H and O–H groups in total. The molecule has 1 heterocycles. The van der Waals surface area contributed by atoms with Gasteiger partial charge >= 0.3 is 5.97 Å². The Balaban J connectivity index is 1.24. The van der Waals surface area contributed by atoms with Crippen LogP contribution in [-0.2, 0) is 16.1 Å². The molecule has 1 aromatic heterocycles. The molecule has 7 nitrogen and oxygen atoms in total. The quantitative estimate of drug-likeness (QED) is 0.418. The fourth-order valence-corrected chi connectivity index (χ4v) is 2.97. The van der Waals surface area contributed by atoms with E-state index >= 15 is 0 Å². The van der Waals surface area contributed by atoms with Crippen molar-refractivity contribution in [2.24, 2.45) is 0 Å². The van der Waals surface area contributed by atoms with Crippen LogP contribution < -0.4 is 10.1 Å². The van der Waals surface area contributed by atoms with Crippen molar-refractivity contribution in [2.45, 2.75) is 6.54 Å². The third-order valence-electron chi connectivity index (χ3n) is 4.54. The molecule has 0 atom stereocenters. The minimum absolute atomic E-state index is 0.379. The van der Waals surface area contributed by atoms with Crippen LogP contribution >= 0.6 is 0 Å². The zero-order valence-corrected chi connectivity index (χ0v) is 17.2. The van der Waals surface area contributed by atoms with Gasteiger partial charge in [0.25, 0.3) is 5.91 Å². The summed E-state index contributed by atoms with van der Waals surface area (Å²) in [4.78, 5) is 24.3. The number of hydrogen-bond donors (Lipinski definition) is 1. The highest BCUT2D eigenvalue weighted by atomic mass is 16.5. The van der Waals surface area contributed by atoms with Gasteiger partial charge in [0.05, 0.1) is 12.1 Å². The van der Waals surface area contributed by atoms with E-state index in [-0.39, 0.29) is 6.61 Å². The number of benzene rings is 3. The highest BCUT2D eigenvalue weighted by Crippen LogP contribution is 2.22. The highest BCUT2D eigenvalue weighted by Gasteiger charge is 2.11. The Morgan fingerprint density at radius 1 is 0.844 bits per heavy atom. The van der Waals surface area contributed by atoms with Crippen molar-refractivity contribution in [3.63, 3.8) is 0 Å². The molecule has 3 aromatic carbocycles. The third-order valence-corrected chi connectivity index (χ3v) is 4.54. The van der Waals surface area contributed by atoms with Crippen molar-refractivity contribution in [3.8, 4) is 11.5 Å². The van der Waals surface area contributed by atoms with Gasteiger partial charge in [-0.05, 0) is 60.2 Å². The molecule has 7 heteroatoms. The van der Waals surface area contributed by atoms with E-state index in [1.165, 1.54) is 0 Å². The van der Waals surface area contributed by atoms with E-state index in [1.54, 1.807) is 47.3 Å². The summed E-state index contributed by atoms with van der Waals surface area (Å²) in [5.74, 6) is 0.394. The molecule has 0 radical (unpaired) electrons. The predicted octanol–water partition coefficient (Wildman–Crippen LogP) is 4.52. The van der Waals surface area contributed by atoms with E-state index in [4.69, 9.17) is 9.47 Å². The standard InChI is InChI=1S/C25H21N3O4/c29-24(27-21-11-13-23(14-12-21)32-22-5-2-1-3-6-22)18-31-25(30)20-9-7-19(8-10-20)17-28-16-4-15-26-28/h1-16H,17-18H2,(H,27,29). The van der Waals surface area contributed by atoms with Crippen LogP contribution in [0, 0.1) is 0 Å². The Hall–Kier alpha value is -4.39. The van der Waals surface area contributed by atoms with Gasteiger partial charge in [-0.15, -0.1) is 0 Å². The fraction of sp³-hybridized carbons (Fsp3) is 0.0800. The second-order valence-electron chi connectivity index (χ2n) is 6.96. The van der Waals surface area contributed by atoms with Crippen LogP contribution in [0.2, 0.25) is 0 Å². The maximum atomic E-state index is 12.2. The molecular weight excluding hydrogens is 406 g/mol. The monoisotopic (exact) mass is 427 g/mol. The van der Waals surface area contributed by atoms with Crippen molar-refractivity contribution >= 4 is 17.6 Å². The molecule has 0 saturated heterocycles. The Kier molecular flexibility index (Phi) is 6.57. The van der Waals surface area contributed by atoms with E-state index in [1.807, 2.05) is 54.7 Å². The first-order valence-electron chi connectivity index (χ1n) is 10.0. The van der Waals surface area contributed by atoms with Crippen LogP contribution in [0.1, 0.15) is 15.9 Å². The molecular formula is C25H21N3O4. The summed E-state index contributed by atoms with van der Waals surface area (Å²) < 4.78 is 12.6. The number of para-hydroxylation sites is 1. The Labute approximate surface area is 185 Å². The average Bonchev–Trinajstić information content (AvgIpc) is 3.33. The molecule has 160 valence electrons. The van der Waals surface area contributed by atoms with Crippen molar-refractivity contribution in [1.82, 2.24) is 9.78 Å². The molecule has 0 aliphatic carbocycles. The highest BCUT2D eigenvalue weighted by molar-refractivity contribution is 5.95. The van der Waals surface area contributed by atoms with E-state index in [9.17, 15) is 9.59 Å². The molecule has 0 bridgehead atoms. The normalized spacial score (nSPS) is 10.4. The maximum Gasteiger partial charge on any atom is 0.338 e. The lowest BCUT2D eigenvalue weighted by Gasteiger charge is -2.09. The Morgan fingerprint density at radius 2 is 1.56 bits per heavy atom. The van der Waals surface area contributed by atoms with Crippen molar-refractivity contribution in [2.75, 3.05) is 11.9 Å². The number of carbonyl (C=O) groups excluding carboxylic acids is 2. The lowest BCUT2D eigenvalue weighted by molar-refractivity contribution is -0.119. The number of amides is 1. The maximum absolute atomic E-state index is 12.2. The van der Waals surface area contributed by atoms with Crippen LogP contribution in [0.5, 0.6) is 11.5 Å². The molecule has 0 unspecified atom stereocenters. The molecule has 32 heavy (non-hydrogen) atoms. The van der Waals surface area contributed by atoms with Gasteiger partial charge in [-0.25, -0.2) is 4.79 Å². The average molecular weight is 427 g/mol. The molecule has 0 aliphatic heterocycles. The van der Waals surface area contributed by atoms with Crippen LogP contribution in [-0.4, -0.2) is 28.3 Å². The van der Waals surface area contributed by atoms with E-state index in [2.05, 4.69) is 10.4 Å². The number of carbonyl (C=O) groups is 2. The van der Waals surface area contributed by atoms with Gasteiger partial charge in [0.15, 0.2) is 6.61 Å². The number of ether oxygens (including phenoxy) is 2. The topological polar surface area (TPSA) is 82.5 Å². The zero-order chi connectivity index (χ0) is 22.2. The summed E-state index contributed by atoms with van der Waals surface area (Å²) in [7, 11) is 0. The number of nitrogens with one attached hydrogen (secondary N) is 1. The van der Waals surface area contributed by atoms with Crippen molar-refractivity contribution in [1.29, 1.82) is 0 Å². The number of nitrogens with zero attached hydrogens (tertiary/aromatic N) is 2. The molecule has 4 rings (SSSR count). The first kappa shape index (κ1) is 20.9. The van der Waals surface area contributed by atoms with E-state index in [0.29, 0.717) is 23.5 Å². The Bertz CT molecular complexity index is 1160.